The summed E-state index contributed by atoms with van der Waals surface area (Å²) in [6, 6.07) is 13.4. The first-order valence-electron chi connectivity index (χ1n) is 7.04. The van der Waals surface area contributed by atoms with Crippen molar-refractivity contribution in [3.8, 4) is 16.2 Å². The van der Waals surface area contributed by atoms with Crippen molar-refractivity contribution in [3.05, 3.63) is 65.8 Å². The molecule has 23 heavy (non-hydrogen) atoms. The van der Waals surface area contributed by atoms with Gasteiger partial charge in [0.25, 0.3) is 0 Å². The number of rotatable bonds is 4. The molecule has 2 heterocycles. The SMILES string of the molecule is COc1ccc(CC=O)cc1.Nc1csc(-c2ccncc2)c1. The zero-order valence-electron chi connectivity index (χ0n) is 12.8. The number of carbonyl (C=O) groups is 1. The molecule has 2 aromatic heterocycles. The Morgan fingerprint density at radius 3 is 2.39 bits per heavy atom. The molecule has 0 spiro atoms. The second-order valence-electron chi connectivity index (χ2n) is 4.70. The molecule has 0 atom stereocenters. The highest BCUT2D eigenvalue weighted by molar-refractivity contribution is 7.14. The molecule has 0 bridgehead atoms. The van der Waals surface area contributed by atoms with Crippen LogP contribution >= 0.6 is 11.3 Å². The maximum absolute atomic E-state index is 10.1. The molecule has 4 nitrogen and oxygen atoms in total. The minimum absolute atomic E-state index is 0.476. The van der Waals surface area contributed by atoms with Crippen molar-refractivity contribution in [3.63, 3.8) is 0 Å². The van der Waals surface area contributed by atoms with Crippen LogP contribution in [0, 0.1) is 0 Å². The first-order valence-corrected chi connectivity index (χ1v) is 7.92. The number of nitrogen functional groups attached to an aromatic ring is 1. The predicted octanol–water partition coefficient (Wildman–Crippen LogP) is 3.83. The first kappa shape index (κ1) is 16.7. The van der Waals surface area contributed by atoms with Crippen LogP contribution in [0.1, 0.15) is 5.56 Å². The summed E-state index contributed by atoms with van der Waals surface area (Å²) < 4.78 is 4.96. The lowest BCUT2D eigenvalue weighted by Crippen LogP contribution is -1.86. The fourth-order valence-corrected chi connectivity index (χ4v) is 2.68. The highest BCUT2D eigenvalue weighted by atomic mass is 32.1. The van der Waals surface area contributed by atoms with E-state index in [9.17, 15) is 4.79 Å². The largest absolute Gasteiger partial charge is 0.497 e. The van der Waals surface area contributed by atoms with Gasteiger partial charge in [-0.25, -0.2) is 0 Å². The van der Waals surface area contributed by atoms with Gasteiger partial charge in [-0.1, -0.05) is 12.1 Å². The zero-order chi connectivity index (χ0) is 16.5. The summed E-state index contributed by atoms with van der Waals surface area (Å²) in [5.74, 6) is 0.819. The van der Waals surface area contributed by atoms with E-state index in [2.05, 4.69) is 4.98 Å². The number of benzene rings is 1. The van der Waals surface area contributed by atoms with Crippen molar-refractivity contribution in [1.82, 2.24) is 4.98 Å². The van der Waals surface area contributed by atoms with Crippen LogP contribution in [0.25, 0.3) is 10.4 Å². The van der Waals surface area contributed by atoms with Crippen LogP contribution in [0.2, 0.25) is 0 Å². The number of anilines is 1. The summed E-state index contributed by atoms with van der Waals surface area (Å²) in [5.41, 5.74) is 8.62. The van der Waals surface area contributed by atoms with Crippen molar-refractivity contribution >= 4 is 23.3 Å². The Balaban J connectivity index is 0.000000168. The normalized spacial score (nSPS) is 9.61. The predicted molar refractivity (Wildman–Crippen MR) is 94.7 cm³/mol. The van der Waals surface area contributed by atoms with Crippen LogP contribution in [0.5, 0.6) is 5.75 Å². The summed E-state index contributed by atoms with van der Waals surface area (Å²) in [6.07, 6.45) is 4.93. The summed E-state index contributed by atoms with van der Waals surface area (Å²) in [5, 5.41) is 1.94. The minimum atomic E-state index is 0.476. The zero-order valence-corrected chi connectivity index (χ0v) is 13.6. The summed E-state index contributed by atoms with van der Waals surface area (Å²) in [4.78, 5) is 15.2. The number of thiophene rings is 1. The van der Waals surface area contributed by atoms with E-state index < -0.39 is 0 Å². The lowest BCUT2D eigenvalue weighted by atomic mass is 10.2. The number of nitrogens with two attached hydrogens (primary N) is 1. The van der Waals surface area contributed by atoms with Gasteiger partial charge in [-0.2, -0.15) is 0 Å². The van der Waals surface area contributed by atoms with Gasteiger partial charge in [0.2, 0.25) is 0 Å². The molecule has 0 aliphatic carbocycles. The molecule has 5 heteroatoms. The third kappa shape index (κ3) is 5.23. The number of pyridine rings is 1. The molecular weight excluding hydrogens is 308 g/mol. The Morgan fingerprint density at radius 1 is 1.17 bits per heavy atom. The quantitative estimate of drug-likeness (QED) is 0.740. The number of nitrogens with zero attached hydrogens (tertiary/aromatic N) is 1. The molecule has 0 amide bonds. The first-order chi connectivity index (χ1) is 11.2. The fourth-order valence-electron chi connectivity index (χ4n) is 1.88. The number of carbonyl (C=O) groups excluding carboxylic acids is 1. The van der Waals surface area contributed by atoms with E-state index in [1.54, 1.807) is 30.8 Å². The molecule has 0 fully saturated rings. The molecule has 0 saturated heterocycles. The lowest BCUT2D eigenvalue weighted by molar-refractivity contribution is -0.107. The van der Waals surface area contributed by atoms with Crippen LogP contribution in [0.15, 0.2) is 60.2 Å². The monoisotopic (exact) mass is 326 g/mol. The Morgan fingerprint density at radius 2 is 1.87 bits per heavy atom. The van der Waals surface area contributed by atoms with Crippen LogP contribution in [0.4, 0.5) is 5.69 Å². The second kappa shape index (κ2) is 8.70. The van der Waals surface area contributed by atoms with Crippen molar-refractivity contribution in [2.45, 2.75) is 6.42 Å². The number of aldehydes is 1. The second-order valence-corrected chi connectivity index (χ2v) is 5.61. The van der Waals surface area contributed by atoms with E-state index >= 15 is 0 Å². The smallest absolute Gasteiger partial charge is 0.124 e. The van der Waals surface area contributed by atoms with Gasteiger partial charge in [0, 0.05) is 34.8 Å². The van der Waals surface area contributed by atoms with Crippen LogP contribution in [0.3, 0.4) is 0 Å². The Labute approximate surface area is 139 Å². The molecule has 0 aliphatic rings. The third-order valence-electron chi connectivity index (χ3n) is 3.06. The molecule has 1 aromatic carbocycles. The number of methoxy groups -OCH3 is 1. The number of ether oxygens (including phenoxy) is 1. The Kier molecular flexibility index (Phi) is 6.32. The summed E-state index contributed by atoms with van der Waals surface area (Å²) in [7, 11) is 1.62. The topological polar surface area (TPSA) is 65.2 Å². The fraction of sp³-hybridized carbons (Fsp3) is 0.111. The van der Waals surface area contributed by atoms with Gasteiger partial charge < -0.3 is 15.3 Å². The molecule has 3 rings (SSSR count). The summed E-state index contributed by atoms with van der Waals surface area (Å²) >= 11 is 1.65. The van der Waals surface area contributed by atoms with E-state index in [0.717, 1.165) is 23.3 Å². The highest BCUT2D eigenvalue weighted by Gasteiger charge is 1.98. The minimum Gasteiger partial charge on any atom is -0.497 e. The molecule has 0 radical (unpaired) electrons. The third-order valence-corrected chi connectivity index (χ3v) is 4.06. The van der Waals surface area contributed by atoms with E-state index in [-0.39, 0.29) is 0 Å². The van der Waals surface area contributed by atoms with Crippen molar-refractivity contribution in [2.24, 2.45) is 0 Å². The number of aromatic nitrogens is 1. The lowest BCUT2D eigenvalue weighted by Gasteiger charge is -1.98. The van der Waals surface area contributed by atoms with E-state index in [4.69, 9.17) is 10.5 Å². The average Bonchev–Trinajstić information content (AvgIpc) is 3.04. The van der Waals surface area contributed by atoms with Gasteiger partial charge in [0.15, 0.2) is 0 Å². The maximum atomic E-state index is 10.1. The Bertz CT molecular complexity index is 724. The van der Waals surface area contributed by atoms with Gasteiger partial charge in [0.1, 0.15) is 12.0 Å². The van der Waals surface area contributed by atoms with E-state index in [1.165, 1.54) is 10.4 Å². The Hall–Kier alpha value is -2.66. The van der Waals surface area contributed by atoms with Crippen LogP contribution < -0.4 is 10.5 Å². The molecule has 118 valence electrons. The van der Waals surface area contributed by atoms with Gasteiger partial charge >= 0.3 is 0 Å². The van der Waals surface area contributed by atoms with Crippen LogP contribution in [-0.4, -0.2) is 18.4 Å². The molecule has 0 unspecified atom stereocenters. The molecule has 2 N–H and O–H groups in total. The van der Waals surface area contributed by atoms with Crippen molar-refractivity contribution in [2.75, 3.05) is 12.8 Å². The van der Waals surface area contributed by atoms with Gasteiger partial charge in [-0.15, -0.1) is 11.3 Å². The standard InChI is InChI=1S/C9H8N2S.C9H10O2/c10-8-5-9(12-6-8)7-1-3-11-4-2-7;1-11-9-4-2-8(3-5-9)6-7-10/h1-6H,10H2;2-5,7H,6H2,1H3. The van der Waals surface area contributed by atoms with E-state index in [1.807, 2.05) is 47.8 Å². The van der Waals surface area contributed by atoms with Crippen LogP contribution in [-0.2, 0) is 11.2 Å². The molecular formula is C18H18N2O2S. The number of hydrogen-bond donors (Lipinski definition) is 1. The maximum Gasteiger partial charge on any atom is 0.124 e. The van der Waals surface area contributed by atoms with Crippen molar-refractivity contribution in [1.29, 1.82) is 0 Å². The van der Waals surface area contributed by atoms with Gasteiger partial charge in [-0.3, -0.25) is 4.98 Å². The molecule has 3 aromatic rings. The van der Waals surface area contributed by atoms with Gasteiger partial charge in [0.05, 0.1) is 7.11 Å². The van der Waals surface area contributed by atoms with E-state index in [0.29, 0.717) is 6.42 Å². The molecule has 0 aliphatic heterocycles. The highest BCUT2D eigenvalue weighted by Crippen LogP contribution is 2.27. The van der Waals surface area contributed by atoms with Gasteiger partial charge in [-0.05, 0) is 41.5 Å². The van der Waals surface area contributed by atoms with Crippen molar-refractivity contribution < 1.29 is 9.53 Å². The molecule has 0 saturated carbocycles. The average molecular weight is 326 g/mol. The number of hydrogen-bond acceptors (Lipinski definition) is 5. The summed E-state index contributed by atoms with van der Waals surface area (Å²) in [6.45, 7) is 0.